The number of halogens is 1. The first-order chi connectivity index (χ1) is 11.0. The Kier molecular flexibility index (Phi) is 4.24. The molecular formula is C21H20FN. The molecule has 0 fully saturated rings. The fourth-order valence-corrected chi connectivity index (χ4v) is 2.71. The van der Waals surface area contributed by atoms with E-state index in [-0.39, 0.29) is 5.82 Å². The summed E-state index contributed by atoms with van der Waals surface area (Å²) in [5.41, 5.74) is 6.16. The van der Waals surface area contributed by atoms with Crippen LogP contribution in [0.3, 0.4) is 0 Å². The Bertz CT molecular complexity index is 823. The van der Waals surface area contributed by atoms with Crippen LogP contribution in [0, 0.1) is 12.7 Å². The molecule has 2 aromatic carbocycles. The smallest absolute Gasteiger partial charge is 0.123 e. The molecule has 0 saturated carbocycles. The molecule has 0 unspecified atom stereocenters. The van der Waals surface area contributed by atoms with Gasteiger partial charge in [-0.3, -0.25) is 4.98 Å². The molecule has 0 radical (unpaired) electrons. The summed E-state index contributed by atoms with van der Waals surface area (Å²) in [6.45, 7) is 6.22. The summed E-state index contributed by atoms with van der Waals surface area (Å²) in [4.78, 5) is 4.80. The van der Waals surface area contributed by atoms with Crippen LogP contribution in [0.2, 0.25) is 0 Å². The summed E-state index contributed by atoms with van der Waals surface area (Å²) in [5.74, 6) is 0.130. The van der Waals surface area contributed by atoms with Crippen molar-refractivity contribution in [3.63, 3.8) is 0 Å². The van der Waals surface area contributed by atoms with E-state index < -0.39 is 0 Å². The summed E-state index contributed by atoms with van der Waals surface area (Å²) in [6.07, 6.45) is 0. The zero-order valence-electron chi connectivity index (χ0n) is 13.7. The number of hydrogen-bond donors (Lipinski definition) is 0. The van der Waals surface area contributed by atoms with Gasteiger partial charge in [0.15, 0.2) is 0 Å². The highest BCUT2D eigenvalue weighted by Crippen LogP contribution is 2.30. The lowest BCUT2D eigenvalue weighted by atomic mass is 9.96. The van der Waals surface area contributed by atoms with Gasteiger partial charge in [-0.15, -0.1) is 0 Å². The fraction of sp³-hybridized carbons (Fsp3) is 0.190. The van der Waals surface area contributed by atoms with Crippen LogP contribution >= 0.6 is 0 Å². The van der Waals surface area contributed by atoms with Gasteiger partial charge in [0.05, 0.1) is 5.69 Å². The van der Waals surface area contributed by atoms with Gasteiger partial charge in [0, 0.05) is 11.3 Å². The van der Waals surface area contributed by atoms with E-state index in [0.29, 0.717) is 5.92 Å². The molecule has 0 spiro atoms. The Labute approximate surface area is 136 Å². The molecule has 0 bridgehead atoms. The summed E-state index contributed by atoms with van der Waals surface area (Å²) in [6, 6.07) is 19.3. The Morgan fingerprint density at radius 2 is 1.61 bits per heavy atom. The van der Waals surface area contributed by atoms with Crippen LogP contribution in [0.5, 0.6) is 0 Å². The van der Waals surface area contributed by atoms with Crippen LogP contribution < -0.4 is 0 Å². The molecule has 0 N–H and O–H groups in total. The summed E-state index contributed by atoms with van der Waals surface area (Å²) in [7, 11) is 0. The van der Waals surface area contributed by atoms with E-state index in [1.54, 1.807) is 6.07 Å². The van der Waals surface area contributed by atoms with E-state index in [1.165, 1.54) is 6.07 Å². The minimum atomic E-state index is -0.201. The average molecular weight is 305 g/mol. The summed E-state index contributed by atoms with van der Waals surface area (Å²) < 4.78 is 13.4. The van der Waals surface area contributed by atoms with Crippen molar-refractivity contribution in [1.29, 1.82) is 0 Å². The van der Waals surface area contributed by atoms with Gasteiger partial charge in [0.1, 0.15) is 5.82 Å². The molecule has 2 heteroatoms. The Morgan fingerprint density at radius 1 is 0.870 bits per heavy atom. The highest BCUT2D eigenvalue weighted by atomic mass is 19.1. The maximum absolute atomic E-state index is 13.4. The van der Waals surface area contributed by atoms with Crippen LogP contribution in [0.25, 0.3) is 22.4 Å². The first kappa shape index (κ1) is 15.4. The van der Waals surface area contributed by atoms with Gasteiger partial charge in [0.2, 0.25) is 0 Å². The molecule has 116 valence electrons. The quantitative estimate of drug-likeness (QED) is 0.579. The van der Waals surface area contributed by atoms with Gasteiger partial charge in [-0.05, 0) is 53.8 Å². The van der Waals surface area contributed by atoms with Crippen molar-refractivity contribution in [3.8, 4) is 22.4 Å². The normalized spacial score (nSPS) is 11.0. The topological polar surface area (TPSA) is 12.9 Å². The maximum atomic E-state index is 13.4. The molecule has 1 nitrogen and oxygen atoms in total. The van der Waals surface area contributed by atoms with E-state index in [9.17, 15) is 4.39 Å². The molecule has 0 aliphatic carbocycles. The van der Waals surface area contributed by atoms with Crippen molar-refractivity contribution in [2.75, 3.05) is 0 Å². The first-order valence-electron chi connectivity index (χ1n) is 7.88. The lowest BCUT2D eigenvalue weighted by Crippen LogP contribution is -1.97. The molecule has 0 aliphatic rings. The van der Waals surface area contributed by atoms with E-state index in [2.05, 4.69) is 38.1 Å². The molecule has 1 heterocycles. The third-order valence-electron chi connectivity index (χ3n) is 4.01. The SMILES string of the molecule is Cc1cc(F)ccc1-c1cc(-c2ccccc2)nc(C(C)C)c1. The molecule has 1 aromatic heterocycles. The van der Waals surface area contributed by atoms with Gasteiger partial charge in [-0.2, -0.15) is 0 Å². The highest BCUT2D eigenvalue weighted by molar-refractivity contribution is 5.73. The van der Waals surface area contributed by atoms with Crippen LogP contribution in [0.1, 0.15) is 31.0 Å². The zero-order valence-corrected chi connectivity index (χ0v) is 13.7. The predicted octanol–water partition coefficient (Wildman–Crippen LogP) is 5.99. The number of aryl methyl sites for hydroxylation is 1. The first-order valence-corrected chi connectivity index (χ1v) is 7.88. The lowest BCUT2D eigenvalue weighted by molar-refractivity contribution is 0.627. The van der Waals surface area contributed by atoms with E-state index >= 15 is 0 Å². The fourth-order valence-electron chi connectivity index (χ4n) is 2.71. The molecule has 3 rings (SSSR count). The van der Waals surface area contributed by atoms with E-state index in [0.717, 1.165) is 33.6 Å². The van der Waals surface area contributed by atoms with Gasteiger partial charge < -0.3 is 0 Å². The Morgan fingerprint density at radius 3 is 2.26 bits per heavy atom. The Balaban J connectivity index is 2.19. The van der Waals surface area contributed by atoms with Crippen molar-refractivity contribution in [1.82, 2.24) is 4.98 Å². The molecular weight excluding hydrogens is 285 g/mol. The van der Waals surface area contributed by atoms with Crippen LogP contribution in [0.4, 0.5) is 4.39 Å². The Hall–Kier alpha value is -2.48. The minimum absolute atomic E-state index is 0.201. The summed E-state index contributed by atoms with van der Waals surface area (Å²) in [5, 5.41) is 0. The second-order valence-electron chi connectivity index (χ2n) is 6.15. The molecule has 0 aliphatic heterocycles. The monoisotopic (exact) mass is 305 g/mol. The molecule has 0 saturated heterocycles. The largest absolute Gasteiger partial charge is 0.253 e. The lowest BCUT2D eigenvalue weighted by Gasteiger charge is -2.13. The van der Waals surface area contributed by atoms with Crippen molar-refractivity contribution in [2.24, 2.45) is 0 Å². The molecule has 23 heavy (non-hydrogen) atoms. The van der Waals surface area contributed by atoms with Crippen LogP contribution in [0.15, 0.2) is 60.7 Å². The third-order valence-corrected chi connectivity index (χ3v) is 4.01. The van der Waals surface area contributed by atoms with Gasteiger partial charge in [-0.1, -0.05) is 50.2 Å². The third kappa shape index (κ3) is 3.31. The zero-order chi connectivity index (χ0) is 16.4. The molecule has 0 atom stereocenters. The van der Waals surface area contributed by atoms with Gasteiger partial charge >= 0.3 is 0 Å². The number of aromatic nitrogens is 1. The second kappa shape index (κ2) is 6.33. The number of rotatable bonds is 3. The number of benzene rings is 2. The number of pyridine rings is 1. The number of hydrogen-bond acceptors (Lipinski definition) is 1. The van der Waals surface area contributed by atoms with Crippen molar-refractivity contribution in [2.45, 2.75) is 26.7 Å². The van der Waals surface area contributed by atoms with Crippen molar-refractivity contribution in [3.05, 3.63) is 77.7 Å². The van der Waals surface area contributed by atoms with Crippen molar-refractivity contribution < 1.29 is 4.39 Å². The average Bonchev–Trinajstić information content (AvgIpc) is 2.55. The van der Waals surface area contributed by atoms with E-state index in [4.69, 9.17) is 4.98 Å². The number of nitrogens with zero attached hydrogens (tertiary/aromatic N) is 1. The van der Waals surface area contributed by atoms with E-state index in [1.807, 2.05) is 31.2 Å². The van der Waals surface area contributed by atoms with Crippen LogP contribution in [-0.4, -0.2) is 4.98 Å². The molecule has 0 amide bonds. The van der Waals surface area contributed by atoms with Gasteiger partial charge in [-0.25, -0.2) is 4.39 Å². The summed E-state index contributed by atoms with van der Waals surface area (Å²) >= 11 is 0. The molecule has 3 aromatic rings. The standard InChI is InChI=1S/C21H20FN/c1-14(2)20-12-17(19-10-9-18(22)11-15(19)3)13-21(23-20)16-7-5-4-6-8-16/h4-14H,1-3H3. The highest BCUT2D eigenvalue weighted by Gasteiger charge is 2.11. The van der Waals surface area contributed by atoms with Gasteiger partial charge in [0.25, 0.3) is 0 Å². The second-order valence-corrected chi connectivity index (χ2v) is 6.15. The van der Waals surface area contributed by atoms with Crippen LogP contribution in [-0.2, 0) is 0 Å². The maximum Gasteiger partial charge on any atom is 0.123 e. The minimum Gasteiger partial charge on any atom is -0.253 e. The predicted molar refractivity (Wildman–Crippen MR) is 93.9 cm³/mol. The van der Waals surface area contributed by atoms with Crippen molar-refractivity contribution >= 4 is 0 Å².